The Bertz CT molecular complexity index is 1160. The summed E-state index contributed by atoms with van der Waals surface area (Å²) in [5.74, 6) is -0.0393. The van der Waals surface area contributed by atoms with Crippen molar-refractivity contribution in [3.8, 4) is 0 Å². The number of allylic oxidation sites excluding steroid dienone is 1. The predicted molar refractivity (Wildman–Crippen MR) is 338 cm³/mol. The van der Waals surface area contributed by atoms with Crippen LogP contribution in [0.4, 0.5) is 0 Å². The minimum Gasteiger partial charge on any atom is -0.466 e. The second-order valence-electron chi connectivity index (χ2n) is 24.6. The van der Waals surface area contributed by atoms with Gasteiger partial charge in [-0.1, -0.05) is 373 Å². The Labute approximate surface area is 482 Å². The van der Waals surface area contributed by atoms with Crippen molar-refractivity contribution in [2.75, 3.05) is 13.2 Å². The monoisotopic (exact) mass is 1090 g/mol. The summed E-state index contributed by atoms with van der Waals surface area (Å²) in [7, 11) is 0. The van der Waals surface area contributed by atoms with E-state index in [-0.39, 0.29) is 18.5 Å². The molecule has 0 saturated carbocycles. The van der Waals surface area contributed by atoms with E-state index < -0.39 is 12.1 Å². The van der Waals surface area contributed by atoms with Crippen LogP contribution in [0.3, 0.4) is 0 Å². The largest absolute Gasteiger partial charge is 0.466 e. The SMILES string of the molecule is CCCCCCCCCCCCCCCC/C=C/C(O)C(CO)NC(=O)CCCCCCCCCCCCCCCCCCCCCCCCCCCCCOC(=O)CCCCCCCCCCCCCCCCCCC. The van der Waals surface area contributed by atoms with Gasteiger partial charge in [0.1, 0.15) is 0 Å². The zero-order chi connectivity index (χ0) is 55.7. The minimum atomic E-state index is -0.842. The fraction of sp³-hybridized carbons (Fsp3) is 0.944. The Hall–Kier alpha value is -1.40. The third kappa shape index (κ3) is 63.6. The molecule has 0 heterocycles. The molecule has 2 atom stereocenters. The zero-order valence-electron chi connectivity index (χ0n) is 52.5. The van der Waals surface area contributed by atoms with Crippen LogP contribution in [0.15, 0.2) is 12.2 Å². The molecule has 0 rings (SSSR count). The van der Waals surface area contributed by atoms with E-state index in [9.17, 15) is 19.8 Å². The molecule has 0 aromatic rings. The van der Waals surface area contributed by atoms with E-state index >= 15 is 0 Å². The van der Waals surface area contributed by atoms with Gasteiger partial charge in [-0.2, -0.15) is 0 Å². The lowest BCUT2D eigenvalue weighted by atomic mass is 10.0. The molecule has 6 heteroatoms. The predicted octanol–water partition coefficient (Wildman–Crippen LogP) is 22.8. The maximum atomic E-state index is 12.5. The number of esters is 1. The molecular formula is C71H139NO5. The molecule has 458 valence electrons. The van der Waals surface area contributed by atoms with Crippen LogP contribution in [0, 0.1) is 0 Å². The first-order valence-electron chi connectivity index (χ1n) is 35.5. The summed E-state index contributed by atoms with van der Waals surface area (Å²) in [6, 6.07) is -0.625. The molecule has 0 aliphatic carbocycles. The molecule has 77 heavy (non-hydrogen) atoms. The number of rotatable bonds is 67. The Balaban J connectivity index is 3.34. The van der Waals surface area contributed by atoms with Crippen LogP contribution >= 0.6 is 0 Å². The number of aliphatic hydroxyl groups is 2. The molecule has 0 fully saturated rings. The first-order valence-corrected chi connectivity index (χ1v) is 35.5. The first kappa shape index (κ1) is 75.6. The summed E-state index contributed by atoms with van der Waals surface area (Å²) < 4.78 is 5.51. The number of hydrogen-bond acceptors (Lipinski definition) is 5. The van der Waals surface area contributed by atoms with Crippen molar-refractivity contribution in [1.82, 2.24) is 5.32 Å². The summed E-state index contributed by atoms with van der Waals surface area (Å²) in [4.78, 5) is 24.6. The molecule has 1 amide bonds. The quantitative estimate of drug-likeness (QED) is 0.0320. The summed E-state index contributed by atoms with van der Waals surface area (Å²) in [5, 5.41) is 23.2. The fourth-order valence-electron chi connectivity index (χ4n) is 11.4. The molecule has 2 unspecified atom stereocenters. The lowest BCUT2D eigenvalue weighted by Crippen LogP contribution is -2.45. The molecule has 0 saturated heterocycles. The van der Waals surface area contributed by atoms with E-state index in [1.54, 1.807) is 6.08 Å². The highest BCUT2D eigenvalue weighted by atomic mass is 16.5. The summed E-state index contributed by atoms with van der Waals surface area (Å²) in [6.07, 6.45) is 82.9. The standard InChI is InChI=1S/C71H139NO5/c1-3-5-7-9-11-13-15-17-19-32-37-41-45-49-53-57-61-65-71(76)77-66-62-58-54-50-46-42-38-34-31-29-27-25-23-21-22-24-26-28-30-33-36-40-44-48-52-56-60-64-70(75)72-68(67-73)69(74)63-59-55-51-47-43-39-35-20-18-16-14-12-10-8-6-4-2/h59,63,68-69,73-74H,3-58,60-62,64-67H2,1-2H3,(H,72,75)/b63-59+. The highest BCUT2D eigenvalue weighted by molar-refractivity contribution is 5.76. The van der Waals surface area contributed by atoms with Crippen LogP contribution in [0.2, 0.25) is 0 Å². The number of amides is 1. The van der Waals surface area contributed by atoms with Gasteiger partial charge in [0.25, 0.3) is 0 Å². The lowest BCUT2D eigenvalue weighted by Gasteiger charge is -2.20. The molecule has 0 aromatic carbocycles. The van der Waals surface area contributed by atoms with Crippen LogP contribution in [0.5, 0.6) is 0 Å². The maximum Gasteiger partial charge on any atom is 0.305 e. The first-order chi connectivity index (χ1) is 38.0. The number of carbonyl (C=O) groups excluding carboxylic acids is 2. The number of aliphatic hydroxyl groups excluding tert-OH is 2. The van der Waals surface area contributed by atoms with Crippen molar-refractivity contribution >= 4 is 11.9 Å². The van der Waals surface area contributed by atoms with Crippen molar-refractivity contribution < 1.29 is 24.5 Å². The second-order valence-corrected chi connectivity index (χ2v) is 24.6. The van der Waals surface area contributed by atoms with Gasteiger partial charge in [0.15, 0.2) is 0 Å². The summed E-state index contributed by atoms with van der Waals surface area (Å²) >= 11 is 0. The summed E-state index contributed by atoms with van der Waals surface area (Å²) in [6.45, 7) is 4.95. The molecule has 0 bridgehead atoms. The third-order valence-corrected chi connectivity index (χ3v) is 16.8. The molecule has 6 nitrogen and oxygen atoms in total. The van der Waals surface area contributed by atoms with Crippen LogP contribution < -0.4 is 5.32 Å². The van der Waals surface area contributed by atoms with Crippen molar-refractivity contribution in [3.05, 3.63) is 12.2 Å². The molecule has 0 radical (unpaired) electrons. The van der Waals surface area contributed by atoms with Crippen molar-refractivity contribution in [3.63, 3.8) is 0 Å². The third-order valence-electron chi connectivity index (χ3n) is 16.8. The average Bonchev–Trinajstić information content (AvgIpc) is 3.43. The number of nitrogens with one attached hydrogen (secondary N) is 1. The highest BCUT2D eigenvalue weighted by Crippen LogP contribution is 2.19. The molecule has 0 aromatic heterocycles. The van der Waals surface area contributed by atoms with E-state index in [0.29, 0.717) is 19.4 Å². The van der Waals surface area contributed by atoms with E-state index in [0.717, 1.165) is 38.5 Å². The smallest absolute Gasteiger partial charge is 0.305 e. The van der Waals surface area contributed by atoms with Crippen molar-refractivity contribution in [2.24, 2.45) is 0 Å². The van der Waals surface area contributed by atoms with Crippen molar-refractivity contribution in [2.45, 2.75) is 418 Å². The van der Waals surface area contributed by atoms with E-state index in [2.05, 4.69) is 19.2 Å². The van der Waals surface area contributed by atoms with Crippen LogP contribution in [-0.2, 0) is 14.3 Å². The summed E-state index contributed by atoms with van der Waals surface area (Å²) in [5.41, 5.74) is 0. The molecular weight excluding hydrogens is 947 g/mol. The van der Waals surface area contributed by atoms with Crippen LogP contribution in [0.1, 0.15) is 406 Å². The van der Waals surface area contributed by atoms with Crippen LogP contribution in [-0.4, -0.2) is 47.4 Å². The number of ether oxygens (including phenoxy) is 1. The normalized spacial score (nSPS) is 12.5. The number of carbonyl (C=O) groups is 2. The Morgan fingerprint density at radius 3 is 0.883 bits per heavy atom. The fourth-order valence-corrected chi connectivity index (χ4v) is 11.4. The Morgan fingerprint density at radius 1 is 0.351 bits per heavy atom. The maximum absolute atomic E-state index is 12.5. The topological polar surface area (TPSA) is 95.9 Å². The molecule has 3 N–H and O–H groups in total. The molecule has 0 aliphatic heterocycles. The van der Waals surface area contributed by atoms with E-state index in [1.807, 2.05) is 6.08 Å². The van der Waals surface area contributed by atoms with E-state index in [4.69, 9.17) is 4.74 Å². The lowest BCUT2D eigenvalue weighted by molar-refractivity contribution is -0.143. The van der Waals surface area contributed by atoms with Crippen LogP contribution in [0.25, 0.3) is 0 Å². The van der Waals surface area contributed by atoms with Crippen molar-refractivity contribution in [1.29, 1.82) is 0 Å². The van der Waals surface area contributed by atoms with Gasteiger partial charge in [0.05, 0.1) is 25.4 Å². The van der Waals surface area contributed by atoms with E-state index in [1.165, 1.54) is 340 Å². The molecule has 0 aliphatic rings. The van der Waals surface area contributed by atoms with Gasteiger partial charge < -0.3 is 20.3 Å². The van der Waals surface area contributed by atoms with Gasteiger partial charge >= 0.3 is 5.97 Å². The zero-order valence-corrected chi connectivity index (χ0v) is 52.5. The second kappa shape index (κ2) is 67.1. The molecule has 0 spiro atoms. The number of unbranched alkanes of at least 4 members (excludes halogenated alkanes) is 56. The van der Waals surface area contributed by atoms with Gasteiger partial charge in [-0.3, -0.25) is 9.59 Å². The van der Waals surface area contributed by atoms with Gasteiger partial charge in [0.2, 0.25) is 5.91 Å². The Kier molecular flexibility index (Phi) is 65.9. The van der Waals surface area contributed by atoms with Gasteiger partial charge in [-0.15, -0.1) is 0 Å². The number of hydrogen-bond donors (Lipinski definition) is 3. The average molecular weight is 1090 g/mol. The van der Waals surface area contributed by atoms with Gasteiger partial charge in [-0.25, -0.2) is 0 Å². The minimum absolute atomic E-state index is 0.0226. The van der Waals surface area contributed by atoms with Gasteiger partial charge in [0, 0.05) is 12.8 Å². The highest BCUT2D eigenvalue weighted by Gasteiger charge is 2.18. The Morgan fingerprint density at radius 2 is 0.597 bits per heavy atom. The van der Waals surface area contributed by atoms with Gasteiger partial charge in [-0.05, 0) is 32.1 Å².